The van der Waals surface area contributed by atoms with Crippen LogP contribution in [-0.2, 0) is 20.3 Å². The zero-order chi connectivity index (χ0) is 16.7. The molecule has 0 aliphatic heterocycles. The lowest BCUT2D eigenvalue weighted by Gasteiger charge is -2.30. The molecular formula is C18H28O2Si3. The quantitative estimate of drug-likeness (QED) is 0.663. The molecule has 0 N–H and O–H groups in total. The van der Waals surface area contributed by atoms with E-state index >= 15 is 0 Å². The number of hydrogen-bond acceptors (Lipinski definition) is 2. The highest BCUT2D eigenvalue weighted by molar-refractivity contribution is 6.78. The average Bonchev–Trinajstić information content (AvgIpc) is 2.47. The van der Waals surface area contributed by atoms with Crippen molar-refractivity contribution >= 4 is 26.6 Å². The average molecular weight is 361 g/mol. The predicted octanol–water partition coefficient (Wildman–Crippen LogP) is 3.99. The van der Waals surface area contributed by atoms with Crippen LogP contribution in [0, 0.1) is 0 Å². The van der Waals surface area contributed by atoms with Crippen molar-refractivity contribution in [3.8, 4) is 0 Å². The van der Waals surface area contributed by atoms with Gasteiger partial charge in [0.2, 0.25) is 0 Å². The molecule has 2 rings (SSSR count). The summed E-state index contributed by atoms with van der Waals surface area (Å²) in [5, 5.41) is 0. The van der Waals surface area contributed by atoms with E-state index in [1.165, 1.54) is 11.1 Å². The van der Waals surface area contributed by atoms with E-state index in [1.807, 2.05) is 0 Å². The molecule has 0 atom stereocenters. The Balaban J connectivity index is 2.10. The fraction of sp³-hybridized carbons (Fsp3) is 0.333. The molecule has 0 amide bonds. The second kappa shape index (κ2) is 8.75. The van der Waals surface area contributed by atoms with Crippen molar-refractivity contribution in [1.29, 1.82) is 0 Å². The lowest BCUT2D eigenvalue weighted by atomic mass is 10.2. The predicted molar refractivity (Wildman–Crippen MR) is 106 cm³/mol. The van der Waals surface area contributed by atoms with Crippen molar-refractivity contribution in [2.75, 3.05) is 0 Å². The molecule has 23 heavy (non-hydrogen) atoms. The molecule has 2 aromatic carbocycles. The topological polar surface area (TPSA) is 18.5 Å². The molecule has 0 bridgehead atoms. The third-order valence-corrected chi connectivity index (χ3v) is 13.2. The van der Waals surface area contributed by atoms with Gasteiger partial charge in [-0.15, -0.1) is 0 Å². The number of benzene rings is 2. The van der Waals surface area contributed by atoms with Gasteiger partial charge in [-0.1, -0.05) is 60.7 Å². The Hall–Kier alpha value is -0.989. The molecule has 2 nitrogen and oxygen atoms in total. The summed E-state index contributed by atoms with van der Waals surface area (Å²) in [7, 11) is -4.49. The molecule has 5 heteroatoms. The molecule has 0 saturated carbocycles. The summed E-state index contributed by atoms with van der Waals surface area (Å²) in [6, 6.07) is 23.6. The Kier molecular flexibility index (Phi) is 6.98. The van der Waals surface area contributed by atoms with Crippen LogP contribution in [0.2, 0.25) is 26.2 Å². The van der Waals surface area contributed by atoms with Gasteiger partial charge in [0.15, 0.2) is 18.1 Å². The lowest BCUT2D eigenvalue weighted by Crippen LogP contribution is -2.45. The van der Waals surface area contributed by atoms with Crippen molar-refractivity contribution in [2.45, 2.75) is 38.3 Å². The molecule has 0 aliphatic carbocycles. The zero-order valence-corrected chi connectivity index (χ0v) is 18.0. The van der Waals surface area contributed by atoms with Crippen molar-refractivity contribution in [1.82, 2.24) is 0 Å². The molecule has 0 saturated heterocycles. The van der Waals surface area contributed by atoms with Crippen LogP contribution in [0.15, 0.2) is 60.7 Å². The maximum Gasteiger partial charge on any atom is 0.310 e. The van der Waals surface area contributed by atoms with Crippen molar-refractivity contribution in [3.05, 3.63) is 71.8 Å². The van der Waals surface area contributed by atoms with Crippen molar-refractivity contribution in [2.24, 2.45) is 0 Å². The second-order valence-corrected chi connectivity index (χ2v) is 15.5. The smallest absolute Gasteiger partial charge is 0.310 e. The Morgan fingerprint density at radius 2 is 1.17 bits per heavy atom. The van der Waals surface area contributed by atoms with Gasteiger partial charge in [-0.25, -0.2) is 0 Å². The van der Waals surface area contributed by atoms with E-state index in [2.05, 4.69) is 86.9 Å². The summed E-state index contributed by atoms with van der Waals surface area (Å²) in [6.07, 6.45) is 0. The summed E-state index contributed by atoms with van der Waals surface area (Å²) in [5.41, 5.74) is 2.76. The third-order valence-electron chi connectivity index (χ3n) is 3.58. The van der Waals surface area contributed by atoms with E-state index in [4.69, 9.17) is 8.23 Å². The first kappa shape index (κ1) is 18.4. The van der Waals surface area contributed by atoms with Gasteiger partial charge in [0, 0.05) is 0 Å². The van der Waals surface area contributed by atoms with Crippen LogP contribution < -0.4 is 0 Å². The Morgan fingerprint density at radius 1 is 0.739 bits per heavy atom. The molecular weight excluding hydrogens is 332 g/mol. The van der Waals surface area contributed by atoms with Gasteiger partial charge in [0.1, 0.15) is 0 Å². The summed E-state index contributed by atoms with van der Waals surface area (Å²) in [6.45, 7) is 8.86. The first-order valence-electron chi connectivity index (χ1n) is 8.38. The van der Waals surface area contributed by atoms with Crippen LogP contribution in [0.5, 0.6) is 0 Å². The first-order chi connectivity index (χ1) is 10.9. The molecule has 124 valence electrons. The summed E-state index contributed by atoms with van der Waals surface area (Å²) in [4.78, 5) is 0. The Morgan fingerprint density at radius 3 is 1.57 bits per heavy atom. The summed E-state index contributed by atoms with van der Waals surface area (Å²) >= 11 is 0. The van der Waals surface area contributed by atoms with Gasteiger partial charge in [-0.3, -0.25) is 0 Å². The van der Waals surface area contributed by atoms with Gasteiger partial charge in [0.25, 0.3) is 0 Å². The first-order valence-corrected chi connectivity index (χ1v) is 16.1. The van der Waals surface area contributed by atoms with Crippen molar-refractivity contribution < 1.29 is 8.23 Å². The van der Waals surface area contributed by atoms with E-state index in [0.717, 1.165) is 12.1 Å². The zero-order valence-electron chi connectivity index (χ0n) is 14.7. The minimum absolute atomic E-state index is 1.06. The van der Waals surface area contributed by atoms with Crippen LogP contribution in [-0.4, -0.2) is 26.6 Å². The van der Waals surface area contributed by atoms with Gasteiger partial charge >= 0.3 is 8.56 Å². The highest BCUT2D eigenvalue weighted by Crippen LogP contribution is 2.16. The SMILES string of the molecule is C[SiH](C)O[Si](C)(C)O[SiH](Cc1ccccc1)Cc1ccccc1. The second-order valence-electron chi connectivity index (χ2n) is 6.69. The minimum Gasteiger partial charge on any atom is -0.440 e. The van der Waals surface area contributed by atoms with E-state index < -0.39 is 26.6 Å². The van der Waals surface area contributed by atoms with Crippen LogP contribution in [0.3, 0.4) is 0 Å². The molecule has 0 unspecified atom stereocenters. The monoisotopic (exact) mass is 360 g/mol. The molecule has 0 aromatic heterocycles. The number of rotatable bonds is 8. The maximum atomic E-state index is 6.65. The Labute approximate surface area is 145 Å². The van der Waals surface area contributed by atoms with Crippen LogP contribution in [0.1, 0.15) is 11.1 Å². The van der Waals surface area contributed by atoms with Crippen LogP contribution >= 0.6 is 0 Å². The van der Waals surface area contributed by atoms with Gasteiger partial charge in [0.05, 0.1) is 0 Å². The molecule has 0 aliphatic rings. The van der Waals surface area contributed by atoms with Crippen LogP contribution in [0.4, 0.5) is 0 Å². The molecule has 0 fully saturated rings. The Bertz CT molecular complexity index is 532. The van der Waals surface area contributed by atoms with Gasteiger partial charge in [-0.2, -0.15) is 0 Å². The highest BCUT2D eigenvalue weighted by atomic mass is 28.5. The van der Waals surface area contributed by atoms with E-state index in [-0.39, 0.29) is 0 Å². The third kappa shape index (κ3) is 6.97. The molecule has 0 heterocycles. The number of hydrogen-bond donors (Lipinski definition) is 0. The summed E-state index contributed by atoms with van der Waals surface area (Å²) in [5.74, 6) is 0. The summed E-state index contributed by atoms with van der Waals surface area (Å²) < 4.78 is 12.9. The molecule has 0 spiro atoms. The van der Waals surface area contributed by atoms with Crippen molar-refractivity contribution in [3.63, 3.8) is 0 Å². The lowest BCUT2D eigenvalue weighted by molar-refractivity contribution is 0.408. The van der Waals surface area contributed by atoms with E-state index in [0.29, 0.717) is 0 Å². The normalized spacial score (nSPS) is 12.1. The van der Waals surface area contributed by atoms with Gasteiger partial charge in [-0.05, 0) is 49.4 Å². The minimum atomic E-state index is -2.01. The fourth-order valence-electron chi connectivity index (χ4n) is 2.91. The highest BCUT2D eigenvalue weighted by Gasteiger charge is 2.30. The largest absolute Gasteiger partial charge is 0.440 e. The standard InChI is InChI=1S/C18H28O2Si3/c1-21(2)19-23(3,4)20-22(15-17-11-7-5-8-12-17)16-18-13-9-6-10-14-18/h5-14,21-22H,15-16H2,1-4H3. The van der Waals surface area contributed by atoms with E-state index in [1.54, 1.807) is 0 Å². The van der Waals surface area contributed by atoms with E-state index in [9.17, 15) is 0 Å². The molecule has 2 aromatic rings. The van der Waals surface area contributed by atoms with Gasteiger partial charge < -0.3 is 8.23 Å². The molecule has 0 radical (unpaired) electrons. The fourth-order valence-corrected chi connectivity index (χ4v) is 13.8. The van der Waals surface area contributed by atoms with Crippen LogP contribution in [0.25, 0.3) is 0 Å². The maximum absolute atomic E-state index is 6.65.